The Labute approximate surface area is 120 Å². The van der Waals surface area contributed by atoms with Crippen LogP contribution in [0.2, 0.25) is 0 Å². The van der Waals surface area contributed by atoms with Gasteiger partial charge in [-0.25, -0.2) is 0 Å². The second-order valence-corrected chi connectivity index (χ2v) is 5.58. The third-order valence-corrected chi connectivity index (χ3v) is 3.67. The number of hydrogen-bond acceptors (Lipinski definition) is 2. The quantitative estimate of drug-likeness (QED) is 0.825. The zero-order valence-corrected chi connectivity index (χ0v) is 12.4. The molecular formula is C15H22N2OS. The van der Waals surface area contributed by atoms with Crippen molar-refractivity contribution in [1.29, 1.82) is 0 Å². The van der Waals surface area contributed by atoms with E-state index in [1.165, 1.54) is 19.3 Å². The van der Waals surface area contributed by atoms with Crippen molar-refractivity contribution in [2.24, 2.45) is 5.92 Å². The molecule has 0 radical (unpaired) electrons. The third kappa shape index (κ3) is 4.39. The summed E-state index contributed by atoms with van der Waals surface area (Å²) in [5.41, 5.74) is 0.993. The fourth-order valence-electron chi connectivity index (χ4n) is 2.49. The van der Waals surface area contributed by atoms with Gasteiger partial charge in [0, 0.05) is 11.7 Å². The molecule has 2 rings (SSSR count). The number of rotatable bonds is 4. The van der Waals surface area contributed by atoms with E-state index in [0.29, 0.717) is 17.8 Å². The van der Waals surface area contributed by atoms with Crippen LogP contribution in [0.1, 0.15) is 33.1 Å². The molecule has 2 unspecified atom stereocenters. The zero-order valence-electron chi connectivity index (χ0n) is 11.6. The van der Waals surface area contributed by atoms with Crippen molar-refractivity contribution < 1.29 is 4.74 Å². The molecule has 19 heavy (non-hydrogen) atoms. The first-order valence-electron chi connectivity index (χ1n) is 6.97. The molecular weight excluding hydrogens is 256 g/mol. The molecule has 104 valence electrons. The summed E-state index contributed by atoms with van der Waals surface area (Å²) in [6, 6.07) is 8.39. The maximum absolute atomic E-state index is 5.41. The molecule has 0 heterocycles. The van der Waals surface area contributed by atoms with E-state index in [0.717, 1.165) is 17.4 Å². The van der Waals surface area contributed by atoms with Crippen molar-refractivity contribution in [3.05, 3.63) is 24.3 Å². The molecule has 0 aromatic heterocycles. The van der Waals surface area contributed by atoms with Crippen LogP contribution in [-0.4, -0.2) is 17.8 Å². The summed E-state index contributed by atoms with van der Waals surface area (Å²) in [7, 11) is 0. The van der Waals surface area contributed by atoms with E-state index < -0.39 is 0 Å². The summed E-state index contributed by atoms with van der Waals surface area (Å²) >= 11 is 5.34. The summed E-state index contributed by atoms with van der Waals surface area (Å²) in [4.78, 5) is 0. The normalized spacial score (nSPS) is 22.0. The molecule has 1 aliphatic rings. The minimum atomic E-state index is 0.526. The van der Waals surface area contributed by atoms with Crippen LogP contribution < -0.4 is 15.4 Å². The predicted molar refractivity (Wildman–Crippen MR) is 83.8 cm³/mol. The van der Waals surface area contributed by atoms with Crippen LogP contribution in [-0.2, 0) is 0 Å². The minimum Gasteiger partial charge on any atom is -0.494 e. The smallest absolute Gasteiger partial charge is 0.170 e. The summed E-state index contributed by atoms with van der Waals surface area (Å²) in [5, 5.41) is 7.32. The lowest BCUT2D eigenvalue weighted by atomic mass is 10.1. The Morgan fingerprint density at radius 2 is 2.05 bits per heavy atom. The van der Waals surface area contributed by atoms with E-state index in [9.17, 15) is 0 Å². The van der Waals surface area contributed by atoms with Crippen LogP contribution in [0.25, 0.3) is 0 Å². The Morgan fingerprint density at radius 1 is 1.32 bits per heavy atom. The highest BCUT2D eigenvalue weighted by Gasteiger charge is 2.21. The monoisotopic (exact) mass is 278 g/mol. The SMILES string of the molecule is CCOc1ccc(NC(=S)NC2CCC(C)C2)cc1. The lowest BCUT2D eigenvalue weighted by Gasteiger charge is -2.16. The average Bonchev–Trinajstić information content (AvgIpc) is 2.77. The van der Waals surface area contributed by atoms with Crippen molar-refractivity contribution >= 4 is 23.0 Å². The maximum Gasteiger partial charge on any atom is 0.170 e. The molecule has 1 aromatic rings. The van der Waals surface area contributed by atoms with Gasteiger partial charge in [0.1, 0.15) is 5.75 Å². The van der Waals surface area contributed by atoms with Crippen LogP contribution in [0, 0.1) is 5.92 Å². The highest BCUT2D eigenvalue weighted by atomic mass is 32.1. The van der Waals surface area contributed by atoms with Crippen LogP contribution in [0.3, 0.4) is 0 Å². The van der Waals surface area contributed by atoms with Crippen LogP contribution in [0.4, 0.5) is 5.69 Å². The van der Waals surface area contributed by atoms with Crippen molar-refractivity contribution in [3.8, 4) is 5.75 Å². The molecule has 4 heteroatoms. The Balaban J connectivity index is 1.81. The molecule has 1 saturated carbocycles. The molecule has 0 aliphatic heterocycles. The van der Waals surface area contributed by atoms with Gasteiger partial charge < -0.3 is 15.4 Å². The van der Waals surface area contributed by atoms with Gasteiger partial charge in [-0.3, -0.25) is 0 Å². The molecule has 0 spiro atoms. The largest absolute Gasteiger partial charge is 0.494 e. The molecule has 1 aliphatic carbocycles. The number of ether oxygens (including phenoxy) is 1. The zero-order chi connectivity index (χ0) is 13.7. The minimum absolute atomic E-state index is 0.526. The predicted octanol–water partition coefficient (Wildman–Crippen LogP) is 3.56. The van der Waals surface area contributed by atoms with E-state index >= 15 is 0 Å². The highest BCUT2D eigenvalue weighted by molar-refractivity contribution is 7.80. The lowest BCUT2D eigenvalue weighted by molar-refractivity contribution is 0.340. The van der Waals surface area contributed by atoms with Crippen LogP contribution >= 0.6 is 12.2 Å². The van der Waals surface area contributed by atoms with Crippen LogP contribution in [0.15, 0.2) is 24.3 Å². The van der Waals surface area contributed by atoms with Gasteiger partial charge in [0.25, 0.3) is 0 Å². The van der Waals surface area contributed by atoms with Gasteiger partial charge in [0.15, 0.2) is 5.11 Å². The highest BCUT2D eigenvalue weighted by Crippen LogP contribution is 2.24. The Kier molecular flexibility index (Phi) is 5.02. The van der Waals surface area contributed by atoms with E-state index in [1.54, 1.807) is 0 Å². The van der Waals surface area contributed by atoms with Gasteiger partial charge in [-0.2, -0.15) is 0 Å². The summed E-state index contributed by atoms with van der Waals surface area (Å²) < 4.78 is 5.41. The Morgan fingerprint density at radius 3 is 2.63 bits per heavy atom. The van der Waals surface area contributed by atoms with E-state index in [2.05, 4.69) is 17.6 Å². The third-order valence-electron chi connectivity index (χ3n) is 3.45. The van der Waals surface area contributed by atoms with E-state index in [1.807, 2.05) is 31.2 Å². The van der Waals surface area contributed by atoms with Crippen molar-refractivity contribution in [1.82, 2.24) is 5.32 Å². The topological polar surface area (TPSA) is 33.3 Å². The van der Waals surface area contributed by atoms with Gasteiger partial charge in [-0.15, -0.1) is 0 Å². The number of hydrogen-bond donors (Lipinski definition) is 2. The second kappa shape index (κ2) is 6.75. The Bertz CT molecular complexity index is 419. The molecule has 0 bridgehead atoms. The van der Waals surface area contributed by atoms with Crippen molar-refractivity contribution in [2.75, 3.05) is 11.9 Å². The summed E-state index contributed by atoms with van der Waals surface area (Å²) in [5.74, 6) is 1.70. The average molecular weight is 278 g/mol. The fraction of sp³-hybridized carbons (Fsp3) is 0.533. The van der Waals surface area contributed by atoms with Gasteiger partial charge in [-0.1, -0.05) is 6.92 Å². The van der Waals surface area contributed by atoms with Gasteiger partial charge in [-0.05, 0) is 68.6 Å². The first-order chi connectivity index (χ1) is 9.17. The molecule has 2 atom stereocenters. The number of benzene rings is 1. The molecule has 3 nitrogen and oxygen atoms in total. The second-order valence-electron chi connectivity index (χ2n) is 5.17. The molecule has 0 amide bonds. The standard InChI is InChI=1S/C15H22N2OS/c1-3-18-14-8-6-12(7-9-14)16-15(19)17-13-5-4-11(2)10-13/h6-9,11,13H,3-5,10H2,1-2H3,(H2,16,17,19). The van der Waals surface area contributed by atoms with E-state index in [-0.39, 0.29) is 0 Å². The van der Waals surface area contributed by atoms with Crippen LogP contribution in [0.5, 0.6) is 5.75 Å². The van der Waals surface area contributed by atoms with E-state index in [4.69, 9.17) is 17.0 Å². The number of anilines is 1. The van der Waals surface area contributed by atoms with Gasteiger partial charge in [0.05, 0.1) is 6.61 Å². The fourth-order valence-corrected chi connectivity index (χ4v) is 2.78. The maximum atomic E-state index is 5.41. The van der Waals surface area contributed by atoms with Gasteiger partial charge in [0.2, 0.25) is 0 Å². The molecule has 2 N–H and O–H groups in total. The molecule has 1 fully saturated rings. The molecule has 1 aromatic carbocycles. The first kappa shape index (κ1) is 14.1. The number of nitrogens with one attached hydrogen (secondary N) is 2. The molecule has 0 saturated heterocycles. The summed E-state index contributed by atoms with van der Waals surface area (Å²) in [6.45, 7) is 4.96. The first-order valence-corrected chi connectivity index (χ1v) is 7.38. The Hall–Kier alpha value is -1.29. The lowest BCUT2D eigenvalue weighted by Crippen LogP contribution is -2.36. The van der Waals surface area contributed by atoms with Crippen molar-refractivity contribution in [3.63, 3.8) is 0 Å². The van der Waals surface area contributed by atoms with Crippen molar-refractivity contribution in [2.45, 2.75) is 39.2 Å². The number of thiocarbonyl (C=S) groups is 1. The summed E-state index contributed by atoms with van der Waals surface area (Å²) in [6.07, 6.45) is 3.72. The van der Waals surface area contributed by atoms with Gasteiger partial charge >= 0.3 is 0 Å².